The van der Waals surface area contributed by atoms with Crippen LogP contribution in [0.3, 0.4) is 0 Å². The minimum atomic E-state index is 0.130. The number of likely N-dealkylation sites (tertiary alicyclic amines) is 1. The standard InChI is InChI=1S/C17H29N3O/c21-17(19-12-7-14-4-1-2-5-14)16-6-3-13-20(16)15-8-10-18-11-9-15/h4,15-16,18H,1-3,5-13H2,(H,19,21). The summed E-state index contributed by atoms with van der Waals surface area (Å²) in [4.78, 5) is 15.0. The highest BCUT2D eigenvalue weighted by Crippen LogP contribution is 2.25. The lowest BCUT2D eigenvalue weighted by atomic mass is 10.0. The molecule has 0 aromatic heterocycles. The van der Waals surface area contributed by atoms with Gasteiger partial charge in [-0.2, -0.15) is 0 Å². The van der Waals surface area contributed by atoms with Crippen LogP contribution < -0.4 is 10.6 Å². The minimum Gasteiger partial charge on any atom is -0.354 e. The zero-order valence-corrected chi connectivity index (χ0v) is 13.1. The number of carbonyl (C=O) groups is 1. The van der Waals surface area contributed by atoms with Crippen LogP contribution >= 0.6 is 0 Å². The van der Waals surface area contributed by atoms with Gasteiger partial charge in [0.1, 0.15) is 0 Å². The Morgan fingerprint density at radius 2 is 2.14 bits per heavy atom. The van der Waals surface area contributed by atoms with Gasteiger partial charge in [0.2, 0.25) is 5.91 Å². The molecule has 0 spiro atoms. The number of nitrogens with one attached hydrogen (secondary N) is 2. The van der Waals surface area contributed by atoms with E-state index in [9.17, 15) is 4.79 Å². The molecule has 4 nitrogen and oxygen atoms in total. The van der Waals surface area contributed by atoms with Crippen LogP contribution in [0, 0.1) is 0 Å². The molecule has 4 heteroatoms. The third-order valence-corrected chi connectivity index (χ3v) is 5.25. The molecule has 2 fully saturated rings. The summed E-state index contributed by atoms with van der Waals surface area (Å²) in [5.41, 5.74) is 1.54. The highest BCUT2D eigenvalue weighted by Gasteiger charge is 2.35. The predicted molar refractivity (Wildman–Crippen MR) is 85.2 cm³/mol. The smallest absolute Gasteiger partial charge is 0.237 e. The summed E-state index contributed by atoms with van der Waals surface area (Å²) in [5.74, 6) is 0.268. The second-order valence-electron chi connectivity index (χ2n) is 6.67. The van der Waals surface area contributed by atoms with Crippen molar-refractivity contribution in [2.45, 2.75) is 63.5 Å². The van der Waals surface area contributed by atoms with Gasteiger partial charge in [0.25, 0.3) is 0 Å². The van der Waals surface area contributed by atoms with Gasteiger partial charge in [0.05, 0.1) is 6.04 Å². The molecule has 0 radical (unpaired) electrons. The fourth-order valence-electron chi connectivity index (χ4n) is 4.07. The highest BCUT2D eigenvalue weighted by atomic mass is 16.2. The maximum absolute atomic E-state index is 12.5. The lowest BCUT2D eigenvalue weighted by molar-refractivity contribution is -0.126. The van der Waals surface area contributed by atoms with Crippen molar-refractivity contribution >= 4 is 5.91 Å². The SMILES string of the molecule is O=C(NCCC1=CCCC1)C1CCCN1C1CCNCC1. The molecule has 0 aromatic rings. The summed E-state index contributed by atoms with van der Waals surface area (Å²) in [6.07, 6.45) is 11.8. The lowest BCUT2D eigenvalue weighted by Crippen LogP contribution is -2.50. The fourth-order valence-corrected chi connectivity index (χ4v) is 4.07. The summed E-state index contributed by atoms with van der Waals surface area (Å²) in [6, 6.07) is 0.743. The number of amides is 1. The normalized spacial score (nSPS) is 27.8. The van der Waals surface area contributed by atoms with Crippen LogP contribution in [0.5, 0.6) is 0 Å². The van der Waals surface area contributed by atoms with Crippen molar-refractivity contribution < 1.29 is 4.79 Å². The summed E-state index contributed by atoms with van der Waals surface area (Å²) in [7, 11) is 0. The number of hydrogen-bond acceptors (Lipinski definition) is 3. The maximum Gasteiger partial charge on any atom is 0.237 e. The van der Waals surface area contributed by atoms with Crippen LogP contribution in [0.15, 0.2) is 11.6 Å². The molecule has 118 valence electrons. The molecule has 2 saturated heterocycles. The van der Waals surface area contributed by atoms with Crippen molar-refractivity contribution in [2.24, 2.45) is 0 Å². The summed E-state index contributed by atoms with van der Waals surface area (Å²) in [5, 5.41) is 6.60. The number of carbonyl (C=O) groups excluding carboxylic acids is 1. The molecule has 3 rings (SSSR count). The average molecular weight is 291 g/mol. The Kier molecular flexibility index (Phi) is 5.31. The Bertz CT molecular complexity index is 387. The number of nitrogens with zero attached hydrogens (tertiary/aromatic N) is 1. The first-order valence-electron chi connectivity index (χ1n) is 8.76. The van der Waals surface area contributed by atoms with Crippen molar-refractivity contribution in [1.29, 1.82) is 0 Å². The Labute approximate surface area is 128 Å². The molecular weight excluding hydrogens is 262 g/mol. The van der Waals surface area contributed by atoms with Crippen molar-refractivity contribution in [3.63, 3.8) is 0 Å². The Morgan fingerprint density at radius 1 is 1.29 bits per heavy atom. The maximum atomic E-state index is 12.5. The van der Waals surface area contributed by atoms with E-state index in [1.165, 1.54) is 44.1 Å². The Morgan fingerprint density at radius 3 is 2.90 bits per heavy atom. The second kappa shape index (κ2) is 7.41. The first kappa shape index (κ1) is 15.0. The van der Waals surface area contributed by atoms with Crippen LogP contribution in [-0.2, 0) is 4.79 Å². The van der Waals surface area contributed by atoms with Crippen LogP contribution in [-0.4, -0.2) is 49.1 Å². The average Bonchev–Trinajstić information content (AvgIpc) is 3.19. The first-order chi connectivity index (χ1) is 10.3. The molecule has 2 heterocycles. The van der Waals surface area contributed by atoms with Crippen LogP contribution in [0.25, 0.3) is 0 Å². The predicted octanol–water partition coefficient (Wildman–Crippen LogP) is 1.82. The van der Waals surface area contributed by atoms with E-state index in [4.69, 9.17) is 0 Å². The largest absolute Gasteiger partial charge is 0.354 e. The third-order valence-electron chi connectivity index (χ3n) is 5.25. The molecule has 0 aromatic carbocycles. The highest BCUT2D eigenvalue weighted by molar-refractivity contribution is 5.82. The molecule has 0 saturated carbocycles. The molecule has 0 bridgehead atoms. The zero-order chi connectivity index (χ0) is 14.5. The van der Waals surface area contributed by atoms with E-state index < -0.39 is 0 Å². The zero-order valence-electron chi connectivity index (χ0n) is 13.1. The molecule has 21 heavy (non-hydrogen) atoms. The third kappa shape index (κ3) is 3.86. The van der Waals surface area contributed by atoms with E-state index in [1.807, 2.05) is 0 Å². The van der Waals surface area contributed by atoms with Gasteiger partial charge >= 0.3 is 0 Å². The van der Waals surface area contributed by atoms with E-state index in [-0.39, 0.29) is 11.9 Å². The van der Waals surface area contributed by atoms with Crippen LogP contribution in [0.1, 0.15) is 51.4 Å². The fraction of sp³-hybridized carbons (Fsp3) is 0.824. The van der Waals surface area contributed by atoms with Crippen LogP contribution in [0.2, 0.25) is 0 Å². The molecule has 2 aliphatic heterocycles. The summed E-state index contributed by atoms with van der Waals surface area (Å²) < 4.78 is 0. The van der Waals surface area contributed by atoms with E-state index in [0.717, 1.165) is 39.0 Å². The van der Waals surface area contributed by atoms with Crippen molar-refractivity contribution in [1.82, 2.24) is 15.5 Å². The van der Waals surface area contributed by atoms with E-state index in [0.29, 0.717) is 6.04 Å². The monoisotopic (exact) mass is 291 g/mol. The Balaban J connectivity index is 1.46. The van der Waals surface area contributed by atoms with Gasteiger partial charge in [0.15, 0.2) is 0 Å². The van der Waals surface area contributed by atoms with Gasteiger partial charge in [-0.15, -0.1) is 0 Å². The van der Waals surface area contributed by atoms with Crippen LogP contribution in [0.4, 0.5) is 0 Å². The van der Waals surface area contributed by atoms with Gasteiger partial charge in [-0.3, -0.25) is 9.69 Å². The van der Waals surface area contributed by atoms with Gasteiger partial charge in [-0.25, -0.2) is 0 Å². The Hall–Kier alpha value is -0.870. The van der Waals surface area contributed by atoms with Crippen molar-refractivity contribution in [3.05, 3.63) is 11.6 Å². The van der Waals surface area contributed by atoms with E-state index >= 15 is 0 Å². The minimum absolute atomic E-state index is 0.130. The number of hydrogen-bond donors (Lipinski definition) is 2. The van der Waals surface area contributed by atoms with Gasteiger partial charge in [-0.1, -0.05) is 11.6 Å². The van der Waals surface area contributed by atoms with Crippen molar-refractivity contribution in [3.8, 4) is 0 Å². The molecule has 1 aliphatic carbocycles. The first-order valence-corrected chi connectivity index (χ1v) is 8.76. The summed E-state index contributed by atoms with van der Waals surface area (Å²) >= 11 is 0. The van der Waals surface area contributed by atoms with Gasteiger partial charge < -0.3 is 10.6 Å². The molecule has 1 amide bonds. The number of piperidine rings is 1. The molecule has 3 aliphatic rings. The summed E-state index contributed by atoms with van der Waals surface area (Å²) in [6.45, 7) is 4.13. The lowest BCUT2D eigenvalue weighted by Gasteiger charge is -2.35. The number of rotatable bonds is 5. The second-order valence-corrected chi connectivity index (χ2v) is 6.67. The van der Waals surface area contributed by atoms with Crippen molar-refractivity contribution in [2.75, 3.05) is 26.2 Å². The van der Waals surface area contributed by atoms with E-state index in [2.05, 4.69) is 21.6 Å². The molecule has 2 N–H and O–H groups in total. The van der Waals surface area contributed by atoms with E-state index in [1.54, 1.807) is 0 Å². The topological polar surface area (TPSA) is 44.4 Å². The van der Waals surface area contributed by atoms with Gasteiger partial charge in [0, 0.05) is 12.6 Å². The molecular formula is C17H29N3O. The molecule has 1 atom stereocenters. The molecule has 1 unspecified atom stereocenters. The quantitative estimate of drug-likeness (QED) is 0.760. The number of allylic oxidation sites excluding steroid dienone is 1. The van der Waals surface area contributed by atoms with Gasteiger partial charge in [-0.05, 0) is 71.0 Å².